The molecule has 0 heterocycles. The monoisotopic (exact) mass is 306 g/mol. The van der Waals surface area contributed by atoms with E-state index in [1.807, 2.05) is 19.9 Å². The second kappa shape index (κ2) is 6.56. The van der Waals surface area contributed by atoms with Crippen LogP contribution in [0.1, 0.15) is 18.1 Å². The second-order valence-electron chi connectivity index (χ2n) is 4.25. The summed E-state index contributed by atoms with van der Waals surface area (Å²) >= 11 is 6.08. The van der Waals surface area contributed by atoms with E-state index in [-0.39, 0.29) is 6.54 Å². The number of nitrogens with one attached hydrogen (secondary N) is 1. The molecule has 0 bridgehead atoms. The van der Waals surface area contributed by atoms with Crippen molar-refractivity contribution >= 4 is 21.8 Å². The Hall–Kier alpha value is -0.820. The van der Waals surface area contributed by atoms with E-state index in [0.717, 1.165) is 15.4 Å². The Morgan fingerprint density at radius 1 is 1.37 bits per heavy atom. The largest absolute Gasteiger partial charge is 0.492 e. The van der Waals surface area contributed by atoms with E-state index in [9.17, 15) is 8.42 Å². The van der Waals surface area contributed by atoms with Gasteiger partial charge in [-0.3, -0.25) is 0 Å². The van der Waals surface area contributed by atoms with E-state index in [1.54, 1.807) is 6.07 Å². The van der Waals surface area contributed by atoms with Gasteiger partial charge in [-0.1, -0.05) is 11.6 Å². The number of hydrogen-bond acceptors (Lipinski definition) is 3. The zero-order valence-electron chi connectivity index (χ0n) is 11.5. The minimum Gasteiger partial charge on any atom is -0.492 e. The summed E-state index contributed by atoms with van der Waals surface area (Å²) in [6.45, 7) is 4.49. The maximum Gasteiger partial charge on any atom is 0.279 e. The first-order valence-corrected chi connectivity index (χ1v) is 7.68. The van der Waals surface area contributed by atoms with Crippen LogP contribution < -0.4 is 9.46 Å². The lowest BCUT2D eigenvalue weighted by molar-refractivity contribution is 0.340. The van der Waals surface area contributed by atoms with Crippen LogP contribution in [-0.4, -0.2) is 33.4 Å². The Balaban J connectivity index is 2.89. The van der Waals surface area contributed by atoms with Crippen LogP contribution >= 0.6 is 11.6 Å². The Morgan fingerprint density at radius 2 is 2.00 bits per heavy atom. The van der Waals surface area contributed by atoms with Crippen molar-refractivity contribution in [2.24, 2.45) is 0 Å². The average Bonchev–Trinajstić information content (AvgIpc) is 2.32. The molecule has 5 nitrogen and oxygen atoms in total. The predicted octanol–water partition coefficient (Wildman–Crippen LogP) is 1.94. The third-order valence-electron chi connectivity index (χ3n) is 2.62. The van der Waals surface area contributed by atoms with Gasteiger partial charge in [-0.15, -0.1) is 0 Å². The Kier molecular flexibility index (Phi) is 5.61. The van der Waals surface area contributed by atoms with Crippen molar-refractivity contribution in [2.75, 3.05) is 20.7 Å². The summed E-state index contributed by atoms with van der Waals surface area (Å²) < 4.78 is 32.2. The zero-order valence-corrected chi connectivity index (χ0v) is 13.1. The summed E-state index contributed by atoms with van der Waals surface area (Å²) in [4.78, 5) is 0. The molecule has 0 aliphatic carbocycles. The topological polar surface area (TPSA) is 58.6 Å². The molecule has 0 fully saturated rings. The molecule has 0 aliphatic heterocycles. The highest BCUT2D eigenvalue weighted by molar-refractivity contribution is 7.87. The summed E-state index contributed by atoms with van der Waals surface area (Å²) in [7, 11) is -0.492. The molecule has 0 radical (unpaired) electrons. The smallest absolute Gasteiger partial charge is 0.279 e. The number of ether oxygens (including phenoxy) is 1. The van der Waals surface area contributed by atoms with E-state index in [1.165, 1.54) is 14.1 Å². The molecule has 0 atom stereocenters. The normalized spacial score (nSPS) is 11.9. The molecule has 1 aromatic carbocycles. The van der Waals surface area contributed by atoms with Gasteiger partial charge in [0.05, 0.1) is 11.6 Å². The van der Waals surface area contributed by atoms with E-state index < -0.39 is 10.2 Å². The molecule has 0 unspecified atom stereocenters. The molecule has 1 aromatic rings. The van der Waals surface area contributed by atoms with Crippen LogP contribution in [-0.2, 0) is 16.8 Å². The second-order valence-corrected chi connectivity index (χ2v) is 6.63. The maximum atomic E-state index is 11.6. The number of nitrogens with zero attached hydrogens (tertiary/aromatic N) is 1. The van der Waals surface area contributed by atoms with Crippen molar-refractivity contribution in [1.82, 2.24) is 9.03 Å². The molecule has 0 aromatic heterocycles. The number of halogens is 1. The van der Waals surface area contributed by atoms with Gasteiger partial charge in [-0.2, -0.15) is 17.4 Å². The molecule has 0 saturated heterocycles. The van der Waals surface area contributed by atoms with Gasteiger partial charge in [0, 0.05) is 20.6 Å². The highest BCUT2D eigenvalue weighted by atomic mass is 35.5. The molecule has 1 N–H and O–H groups in total. The fourth-order valence-electron chi connectivity index (χ4n) is 1.45. The Bertz CT molecular complexity index is 544. The van der Waals surface area contributed by atoms with Gasteiger partial charge in [-0.25, -0.2) is 0 Å². The van der Waals surface area contributed by atoms with Crippen LogP contribution in [0, 0.1) is 6.92 Å². The number of rotatable bonds is 6. The van der Waals surface area contributed by atoms with Crippen molar-refractivity contribution in [2.45, 2.75) is 20.4 Å². The Labute approximate surface area is 119 Å². The number of benzene rings is 1. The molecular weight excluding hydrogens is 288 g/mol. The summed E-state index contributed by atoms with van der Waals surface area (Å²) in [5.41, 5.74) is 1.74. The van der Waals surface area contributed by atoms with Gasteiger partial charge >= 0.3 is 0 Å². The molecular formula is C12H19ClN2O3S. The molecule has 7 heteroatoms. The summed E-state index contributed by atoms with van der Waals surface area (Å²) in [6, 6.07) is 3.53. The molecule has 108 valence electrons. The minimum absolute atomic E-state index is 0.193. The van der Waals surface area contributed by atoms with Gasteiger partial charge < -0.3 is 4.74 Å². The highest BCUT2D eigenvalue weighted by Gasteiger charge is 2.14. The molecule has 0 aliphatic rings. The van der Waals surface area contributed by atoms with Crippen LogP contribution in [0.4, 0.5) is 0 Å². The van der Waals surface area contributed by atoms with Crippen molar-refractivity contribution in [3.8, 4) is 5.75 Å². The summed E-state index contributed by atoms with van der Waals surface area (Å²) in [5, 5.41) is 0.478. The fourth-order valence-corrected chi connectivity index (χ4v) is 2.29. The van der Waals surface area contributed by atoms with Crippen LogP contribution in [0.15, 0.2) is 12.1 Å². The lowest BCUT2D eigenvalue weighted by Gasteiger charge is -2.15. The molecule has 19 heavy (non-hydrogen) atoms. The van der Waals surface area contributed by atoms with Crippen LogP contribution in [0.5, 0.6) is 5.75 Å². The third kappa shape index (κ3) is 4.35. The molecule has 0 saturated carbocycles. The molecule has 0 spiro atoms. The lowest BCUT2D eigenvalue weighted by atomic mass is 10.1. The third-order valence-corrected chi connectivity index (χ3v) is 4.38. The zero-order chi connectivity index (χ0) is 14.6. The van der Waals surface area contributed by atoms with Gasteiger partial charge in [0.25, 0.3) is 10.2 Å². The summed E-state index contributed by atoms with van der Waals surface area (Å²) in [6.07, 6.45) is 0. The van der Waals surface area contributed by atoms with E-state index in [2.05, 4.69) is 4.72 Å². The SMILES string of the molecule is CCOc1cc(C)c(CNS(=O)(=O)N(C)C)cc1Cl. The van der Waals surface area contributed by atoms with Gasteiger partial charge in [-0.05, 0) is 37.1 Å². The van der Waals surface area contributed by atoms with Crippen molar-refractivity contribution in [3.05, 3.63) is 28.3 Å². The van der Waals surface area contributed by atoms with E-state index >= 15 is 0 Å². The average molecular weight is 307 g/mol. The maximum absolute atomic E-state index is 11.6. The fraction of sp³-hybridized carbons (Fsp3) is 0.500. The number of aryl methyl sites for hydroxylation is 1. The summed E-state index contributed by atoms with van der Waals surface area (Å²) in [5.74, 6) is 0.612. The van der Waals surface area contributed by atoms with Crippen molar-refractivity contribution < 1.29 is 13.2 Å². The standard InChI is InChI=1S/C12H19ClN2O3S/c1-5-18-12-6-9(2)10(7-11(12)13)8-14-19(16,17)15(3)4/h6-7,14H,5,8H2,1-4H3. The van der Waals surface area contributed by atoms with Crippen LogP contribution in [0.25, 0.3) is 0 Å². The van der Waals surface area contributed by atoms with Gasteiger partial charge in [0.2, 0.25) is 0 Å². The van der Waals surface area contributed by atoms with E-state index in [0.29, 0.717) is 17.4 Å². The van der Waals surface area contributed by atoms with Crippen molar-refractivity contribution in [3.63, 3.8) is 0 Å². The highest BCUT2D eigenvalue weighted by Crippen LogP contribution is 2.28. The van der Waals surface area contributed by atoms with Gasteiger partial charge in [0.1, 0.15) is 5.75 Å². The molecule has 0 amide bonds. The van der Waals surface area contributed by atoms with E-state index in [4.69, 9.17) is 16.3 Å². The van der Waals surface area contributed by atoms with Gasteiger partial charge in [0.15, 0.2) is 0 Å². The molecule has 1 rings (SSSR count). The lowest BCUT2D eigenvalue weighted by Crippen LogP contribution is -2.35. The van der Waals surface area contributed by atoms with Crippen molar-refractivity contribution in [1.29, 1.82) is 0 Å². The number of hydrogen-bond donors (Lipinski definition) is 1. The predicted molar refractivity (Wildman–Crippen MR) is 76.8 cm³/mol. The van der Waals surface area contributed by atoms with Crippen LogP contribution in [0.2, 0.25) is 5.02 Å². The quantitative estimate of drug-likeness (QED) is 0.874. The Morgan fingerprint density at radius 3 is 2.53 bits per heavy atom. The van der Waals surface area contributed by atoms with Crippen LogP contribution in [0.3, 0.4) is 0 Å². The first kappa shape index (κ1) is 16.2. The minimum atomic E-state index is -3.44. The first-order chi connectivity index (χ1) is 8.77. The first-order valence-electron chi connectivity index (χ1n) is 5.87.